The predicted octanol–water partition coefficient (Wildman–Crippen LogP) is 3.47. The molecule has 0 aliphatic rings. The van der Waals surface area contributed by atoms with Gasteiger partial charge in [0.15, 0.2) is 0 Å². The highest BCUT2D eigenvalue weighted by molar-refractivity contribution is 6.09. The van der Waals surface area contributed by atoms with E-state index in [-0.39, 0.29) is 17.0 Å². The largest absolute Gasteiger partial charge is 0.326 e. The van der Waals surface area contributed by atoms with Crippen LogP contribution in [0.4, 0.5) is 20.2 Å². The SMILES string of the molecule is CC(=O)Nc1ccc(NC(=O)C(C#N)=Cc2cc(F)ccc2F)cc1. The molecule has 2 aromatic rings. The number of hydrogen-bond donors (Lipinski definition) is 2. The molecule has 0 aliphatic heterocycles. The van der Waals surface area contributed by atoms with Crippen molar-refractivity contribution in [3.63, 3.8) is 0 Å². The number of carbonyl (C=O) groups excluding carboxylic acids is 2. The third-order valence-corrected chi connectivity index (χ3v) is 3.09. The second kappa shape index (κ2) is 7.84. The van der Waals surface area contributed by atoms with Crippen molar-refractivity contribution in [2.24, 2.45) is 0 Å². The van der Waals surface area contributed by atoms with Crippen LogP contribution >= 0.6 is 0 Å². The Morgan fingerprint density at radius 3 is 2.20 bits per heavy atom. The summed E-state index contributed by atoms with van der Waals surface area (Å²) in [6, 6.07) is 10.6. The molecule has 25 heavy (non-hydrogen) atoms. The third-order valence-electron chi connectivity index (χ3n) is 3.09. The monoisotopic (exact) mass is 341 g/mol. The van der Waals surface area contributed by atoms with Crippen molar-refractivity contribution in [3.8, 4) is 6.07 Å². The summed E-state index contributed by atoms with van der Waals surface area (Å²) in [6.07, 6.45) is 0.972. The Balaban J connectivity index is 2.17. The van der Waals surface area contributed by atoms with E-state index in [2.05, 4.69) is 10.6 Å². The van der Waals surface area contributed by atoms with Gasteiger partial charge >= 0.3 is 0 Å². The van der Waals surface area contributed by atoms with Crippen LogP contribution in [0, 0.1) is 23.0 Å². The standard InChI is InChI=1S/C18H13F2N3O2/c1-11(24)22-15-3-5-16(6-4-15)23-18(25)13(10-21)8-12-9-14(19)2-7-17(12)20/h2-9H,1H3,(H,22,24)(H,23,25). The molecular formula is C18H13F2N3O2. The van der Waals surface area contributed by atoms with Gasteiger partial charge in [-0.1, -0.05) is 0 Å². The molecule has 0 aromatic heterocycles. The van der Waals surface area contributed by atoms with Gasteiger partial charge in [-0.05, 0) is 48.5 Å². The van der Waals surface area contributed by atoms with Crippen LogP contribution in [0.3, 0.4) is 0 Å². The lowest BCUT2D eigenvalue weighted by molar-refractivity contribution is -0.114. The van der Waals surface area contributed by atoms with E-state index in [1.807, 2.05) is 0 Å². The van der Waals surface area contributed by atoms with Gasteiger partial charge < -0.3 is 10.6 Å². The number of carbonyl (C=O) groups is 2. The minimum absolute atomic E-state index is 0.201. The number of nitrogens with zero attached hydrogens (tertiary/aromatic N) is 1. The van der Waals surface area contributed by atoms with Crippen LogP contribution in [0.15, 0.2) is 48.0 Å². The van der Waals surface area contributed by atoms with Gasteiger partial charge in [0.05, 0.1) is 0 Å². The number of nitrogens with one attached hydrogen (secondary N) is 2. The van der Waals surface area contributed by atoms with Crippen molar-refractivity contribution in [1.82, 2.24) is 0 Å². The highest BCUT2D eigenvalue weighted by Gasteiger charge is 2.11. The summed E-state index contributed by atoms with van der Waals surface area (Å²) in [5, 5.41) is 14.1. The highest BCUT2D eigenvalue weighted by atomic mass is 19.1. The van der Waals surface area contributed by atoms with Crippen LogP contribution in [0.1, 0.15) is 12.5 Å². The van der Waals surface area contributed by atoms with E-state index < -0.39 is 17.5 Å². The molecule has 0 saturated heterocycles. The first kappa shape index (κ1) is 17.8. The summed E-state index contributed by atoms with van der Waals surface area (Å²) in [7, 11) is 0. The van der Waals surface area contributed by atoms with Gasteiger partial charge in [0.1, 0.15) is 23.3 Å². The topological polar surface area (TPSA) is 82.0 Å². The van der Waals surface area contributed by atoms with Crippen molar-refractivity contribution < 1.29 is 18.4 Å². The summed E-state index contributed by atoms with van der Waals surface area (Å²) in [4.78, 5) is 23.1. The van der Waals surface area contributed by atoms with E-state index >= 15 is 0 Å². The normalized spacial score (nSPS) is 10.7. The van der Waals surface area contributed by atoms with E-state index in [1.54, 1.807) is 18.2 Å². The zero-order chi connectivity index (χ0) is 18.4. The Morgan fingerprint density at radius 1 is 1.04 bits per heavy atom. The average Bonchev–Trinajstić information content (AvgIpc) is 2.56. The first-order valence-electron chi connectivity index (χ1n) is 7.15. The molecule has 5 nitrogen and oxygen atoms in total. The molecule has 0 heterocycles. The Kier molecular flexibility index (Phi) is 5.58. The molecular weight excluding hydrogens is 328 g/mol. The molecule has 0 saturated carbocycles. The van der Waals surface area contributed by atoms with Gasteiger partial charge in [0.25, 0.3) is 5.91 Å². The molecule has 0 aliphatic carbocycles. The van der Waals surface area contributed by atoms with Crippen LogP contribution in [0.25, 0.3) is 6.08 Å². The van der Waals surface area contributed by atoms with E-state index in [1.165, 1.54) is 19.1 Å². The van der Waals surface area contributed by atoms with E-state index in [0.717, 1.165) is 24.3 Å². The fourth-order valence-electron chi connectivity index (χ4n) is 1.97. The van der Waals surface area contributed by atoms with E-state index in [0.29, 0.717) is 11.4 Å². The minimum atomic E-state index is -0.765. The first-order valence-corrected chi connectivity index (χ1v) is 7.15. The second-order valence-electron chi connectivity index (χ2n) is 5.05. The van der Waals surface area contributed by atoms with Gasteiger partial charge in [-0.2, -0.15) is 5.26 Å². The van der Waals surface area contributed by atoms with Crippen LogP contribution < -0.4 is 10.6 Å². The van der Waals surface area contributed by atoms with Crippen molar-refractivity contribution >= 4 is 29.3 Å². The number of halogens is 2. The summed E-state index contributed by atoms with van der Waals surface area (Å²) < 4.78 is 26.8. The molecule has 7 heteroatoms. The lowest BCUT2D eigenvalue weighted by atomic mass is 10.1. The first-order chi connectivity index (χ1) is 11.9. The smallest absolute Gasteiger partial charge is 0.266 e. The highest BCUT2D eigenvalue weighted by Crippen LogP contribution is 2.17. The molecule has 2 amide bonds. The predicted molar refractivity (Wildman–Crippen MR) is 89.3 cm³/mol. The Morgan fingerprint density at radius 2 is 1.64 bits per heavy atom. The van der Waals surface area contributed by atoms with Crippen LogP contribution in [-0.2, 0) is 9.59 Å². The molecule has 2 aromatic carbocycles. The zero-order valence-electron chi connectivity index (χ0n) is 13.1. The lowest BCUT2D eigenvalue weighted by Crippen LogP contribution is -2.13. The van der Waals surface area contributed by atoms with E-state index in [9.17, 15) is 18.4 Å². The average molecular weight is 341 g/mol. The lowest BCUT2D eigenvalue weighted by Gasteiger charge is -2.06. The number of benzene rings is 2. The molecule has 0 spiro atoms. The number of nitriles is 1. The molecule has 126 valence electrons. The summed E-state index contributed by atoms with van der Waals surface area (Å²) in [5.74, 6) is -2.43. The summed E-state index contributed by atoms with van der Waals surface area (Å²) in [6.45, 7) is 1.37. The third kappa shape index (κ3) is 4.97. The number of amides is 2. The molecule has 2 N–H and O–H groups in total. The fraction of sp³-hybridized carbons (Fsp3) is 0.0556. The number of rotatable bonds is 4. The zero-order valence-corrected chi connectivity index (χ0v) is 13.1. The molecule has 0 unspecified atom stereocenters. The Hall–Kier alpha value is -3.53. The quantitative estimate of drug-likeness (QED) is 0.660. The van der Waals surface area contributed by atoms with Gasteiger partial charge in [0.2, 0.25) is 5.91 Å². The van der Waals surface area contributed by atoms with Crippen molar-refractivity contribution in [1.29, 1.82) is 5.26 Å². The maximum Gasteiger partial charge on any atom is 0.266 e. The fourth-order valence-corrected chi connectivity index (χ4v) is 1.97. The second-order valence-corrected chi connectivity index (χ2v) is 5.05. The molecule has 2 rings (SSSR count). The Labute approximate surface area is 142 Å². The van der Waals surface area contributed by atoms with Crippen LogP contribution in [0.5, 0.6) is 0 Å². The van der Waals surface area contributed by atoms with Crippen molar-refractivity contribution in [2.45, 2.75) is 6.92 Å². The van der Waals surface area contributed by atoms with Gasteiger partial charge in [-0.15, -0.1) is 0 Å². The molecule has 0 atom stereocenters. The number of hydrogen-bond acceptors (Lipinski definition) is 3. The van der Waals surface area contributed by atoms with Crippen LogP contribution in [-0.4, -0.2) is 11.8 Å². The van der Waals surface area contributed by atoms with Crippen LogP contribution in [0.2, 0.25) is 0 Å². The van der Waals surface area contributed by atoms with Gasteiger partial charge in [-0.25, -0.2) is 8.78 Å². The molecule has 0 radical (unpaired) electrons. The minimum Gasteiger partial charge on any atom is -0.326 e. The van der Waals surface area contributed by atoms with E-state index in [4.69, 9.17) is 5.26 Å². The summed E-state index contributed by atoms with van der Waals surface area (Å²) in [5.41, 5.74) is 0.339. The maximum atomic E-state index is 13.6. The summed E-state index contributed by atoms with van der Waals surface area (Å²) >= 11 is 0. The van der Waals surface area contributed by atoms with Crippen molar-refractivity contribution in [3.05, 3.63) is 65.2 Å². The molecule has 0 bridgehead atoms. The number of anilines is 2. The van der Waals surface area contributed by atoms with Crippen molar-refractivity contribution in [2.75, 3.05) is 10.6 Å². The van der Waals surface area contributed by atoms with Gasteiger partial charge in [0, 0.05) is 23.9 Å². The molecule has 0 fully saturated rings. The Bertz CT molecular complexity index is 884. The van der Waals surface area contributed by atoms with Gasteiger partial charge in [-0.3, -0.25) is 9.59 Å². The maximum absolute atomic E-state index is 13.6.